The Kier molecular flexibility index (Phi) is 6.65. The van der Waals surface area contributed by atoms with Gasteiger partial charge in [-0.1, -0.05) is 20.3 Å². The number of thioether (sulfide) groups is 1. The first kappa shape index (κ1) is 12.3. The molecule has 84 valence electrons. The third-order valence-electron chi connectivity index (χ3n) is 2.64. The van der Waals surface area contributed by atoms with Crippen LogP contribution in [0.25, 0.3) is 0 Å². The molecule has 1 aliphatic heterocycles. The fraction of sp³-hybridized carbons (Fsp3) is 1.00. The molecule has 2 nitrogen and oxygen atoms in total. The number of rotatable bonds is 6. The Labute approximate surface area is 93.0 Å². The van der Waals surface area contributed by atoms with E-state index in [1.54, 1.807) is 0 Å². The first-order valence-electron chi connectivity index (χ1n) is 5.96. The molecule has 0 spiro atoms. The largest absolute Gasteiger partial charge is 0.242 e. The molecule has 1 aliphatic rings. The van der Waals surface area contributed by atoms with E-state index in [1.807, 2.05) is 0 Å². The highest BCUT2D eigenvalue weighted by molar-refractivity contribution is 7.99. The molecule has 1 heterocycles. The lowest BCUT2D eigenvalue weighted by Crippen LogP contribution is -2.47. The monoisotopic (exact) mass is 216 g/mol. The Morgan fingerprint density at radius 3 is 2.36 bits per heavy atom. The first-order chi connectivity index (χ1) is 6.88. The van der Waals surface area contributed by atoms with Gasteiger partial charge in [0, 0.05) is 37.7 Å². The lowest BCUT2D eigenvalue weighted by Gasteiger charge is -2.37. The molecule has 0 bridgehead atoms. The van der Waals surface area contributed by atoms with Gasteiger partial charge in [-0.25, -0.2) is 10.0 Å². The van der Waals surface area contributed by atoms with Gasteiger partial charge in [-0.2, -0.15) is 11.8 Å². The summed E-state index contributed by atoms with van der Waals surface area (Å²) < 4.78 is 0. The van der Waals surface area contributed by atoms with Crippen molar-refractivity contribution in [3.05, 3.63) is 0 Å². The van der Waals surface area contributed by atoms with Crippen LogP contribution in [0.4, 0.5) is 0 Å². The van der Waals surface area contributed by atoms with E-state index in [0.717, 1.165) is 0 Å². The van der Waals surface area contributed by atoms with Crippen LogP contribution in [0, 0.1) is 0 Å². The van der Waals surface area contributed by atoms with Crippen LogP contribution in [0.15, 0.2) is 0 Å². The Morgan fingerprint density at radius 1 is 1.07 bits per heavy atom. The van der Waals surface area contributed by atoms with Gasteiger partial charge in [-0.3, -0.25) is 0 Å². The maximum absolute atomic E-state index is 2.57. The highest BCUT2D eigenvalue weighted by Gasteiger charge is 2.16. The van der Waals surface area contributed by atoms with E-state index in [-0.39, 0.29) is 0 Å². The summed E-state index contributed by atoms with van der Waals surface area (Å²) >= 11 is 2.09. The average Bonchev–Trinajstić information content (AvgIpc) is 2.25. The van der Waals surface area contributed by atoms with Crippen molar-refractivity contribution in [1.82, 2.24) is 10.0 Å². The van der Waals surface area contributed by atoms with Gasteiger partial charge in [0.15, 0.2) is 0 Å². The smallest absolute Gasteiger partial charge is 0.0224 e. The van der Waals surface area contributed by atoms with Crippen molar-refractivity contribution in [2.24, 2.45) is 0 Å². The van der Waals surface area contributed by atoms with Gasteiger partial charge in [0.25, 0.3) is 0 Å². The fourth-order valence-corrected chi connectivity index (χ4v) is 2.71. The molecule has 0 aromatic heterocycles. The summed E-state index contributed by atoms with van der Waals surface area (Å²) in [5, 5.41) is 5.14. The molecule has 0 atom stereocenters. The minimum atomic E-state index is 1.24. The van der Waals surface area contributed by atoms with E-state index in [2.05, 4.69) is 35.6 Å². The van der Waals surface area contributed by atoms with Crippen LogP contribution in [0.3, 0.4) is 0 Å². The van der Waals surface area contributed by atoms with Crippen LogP contribution in [0.1, 0.15) is 33.1 Å². The SMILES string of the molecule is CCCCN(CCC)N1CCSCC1. The van der Waals surface area contributed by atoms with Crippen molar-refractivity contribution in [3.8, 4) is 0 Å². The van der Waals surface area contributed by atoms with Gasteiger partial charge >= 0.3 is 0 Å². The molecule has 0 radical (unpaired) electrons. The van der Waals surface area contributed by atoms with Crippen molar-refractivity contribution in [2.45, 2.75) is 33.1 Å². The van der Waals surface area contributed by atoms with Crippen LogP contribution in [0.5, 0.6) is 0 Å². The number of hydrogen-bond donors (Lipinski definition) is 0. The lowest BCUT2D eigenvalue weighted by atomic mass is 10.3. The maximum Gasteiger partial charge on any atom is 0.0224 e. The molecule has 0 N–H and O–H groups in total. The third kappa shape index (κ3) is 4.20. The molecule has 0 aliphatic carbocycles. The highest BCUT2D eigenvalue weighted by Crippen LogP contribution is 2.12. The molecule has 0 aromatic carbocycles. The van der Waals surface area contributed by atoms with Gasteiger partial charge in [0.2, 0.25) is 0 Å². The number of nitrogens with zero attached hydrogens (tertiary/aromatic N) is 2. The zero-order chi connectivity index (χ0) is 10.2. The molecule has 0 saturated carbocycles. The normalized spacial score (nSPS) is 19.1. The second kappa shape index (κ2) is 7.55. The highest BCUT2D eigenvalue weighted by atomic mass is 32.2. The van der Waals surface area contributed by atoms with Crippen molar-refractivity contribution in [3.63, 3.8) is 0 Å². The number of hydrogen-bond acceptors (Lipinski definition) is 3. The summed E-state index contributed by atoms with van der Waals surface area (Å²) in [6, 6.07) is 0. The Morgan fingerprint density at radius 2 is 1.79 bits per heavy atom. The molecule has 1 rings (SSSR count). The average molecular weight is 216 g/mol. The van der Waals surface area contributed by atoms with Crippen LogP contribution in [0.2, 0.25) is 0 Å². The quantitative estimate of drug-likeness (QED) is 0.673. The Balaban J connectivity index is 2.30. The standard InChI is InChI=1S/C11H24N2S/c1-3-5-7-12(6-4-2)13-8-10-14-11-9-13/h3-11H2,1-2H3. The lowest BCUT2D eigenvalue weighted by molar-refractivity contribution is -0.0175. The van der Waals surface area contributed by atoms with E-state index in [1.165, 1.54) is 56.9 Å². The molecule has 0 unspecified atom stereocenters. The minimum absolute atomic E-state index is 1.24. The third-order valence-corrected chi connectivity index (χ3v) is 3.58. The molecular weight excluding hydrogens is 192 g/mol. The second-order valence-electron chi connectivity index (χ2n) is 3.87. The second-order valence-corrected chi connectivity index (χ2v) is 5.10. The van der Waals surface area contributed by atoms with Gasteiger partial charge in [0.05, 0.1) is 0 Å². The van der Waals surface area contributed by atoms with Gasteiger partial charge < -0.3 is 0 Å². The Bertz CT molecular complexity index is 135. The maximum atomic E-state index is 2.57. The minimum Gasteiger partial charge on any atom is -0.242 e. The van der Waals surface area contributed by atoms with Crippen molar-refractivity contribution in [2.75, 3.05) is 37.7 Å². The van der Waals surface area contributed by atoms with E-state index >= 15 is 0 Å². The molecule has 14 heavy (non-hydrogen) atoms. The van der Waals surface area contributed by atoms with Crippen LogP contribution in [-0.2, 0) is 0 Å². The summed E-state index contributed by atoms with van der Waals surface area (Å²) in [4.78, 5) is 0. The van der Waals surface area contributed by atoms with E-state index in [9.17, 15) is 0 Å². The predicted octanol–water partition coefficient (Wildman–Crippen LogP) is 2.46. The summed E-state index contributed by atoms with van der Waals surface area (Å²) in [7, 11) is 0. The summed E-state index contributed by atoms with van der Waals surface area (Å²) in [5.74, 6) is 2.62. The van der Waals surface area contributed by atoms with Crippen molar-refractivity contribution in [1.29, 1.82) is 0 Å². The topological polar surface area (TPSA) is 6.48 Å². The molecule has 0 amide bonds. The van der Waals surface area contributed by atoms with Crippen LogP contribution >= 0.6 is 11.8 Å². The summed E-state index contributed by atoms with van der Waals surface area (Å²) in [6.07, 6.45) is 3.92. The van der Waals surface area contributed by atoms with E-state index in [0.29, 0.717) is 0 Å². The molecule has 1 fully saturated rings. The molecule has 1 saturated heterocycles. The summed E-state index contributed by atoms with van der Waals surface area (Å²) in [5.41, 5.74) is 0. The fourth-order valence-electron chi connectivity index (χ4n) is 1.83. The zero-order valence-corrected chi connectivity index (χ0v) is 10.5. The first-order valence-corrected chi connectivity index (χ1v) is 7.11. The number of unbranched alkanes of at least 4 members (excludes halogenated alkanes) is 1. The van der Waals surface area contributed by atoms with E-state index < -0.39 is 0 Å². The van der Waals surface area contributed by atoms with Crippen LogP contribution in [-0.4, -0.2) is 47.7 Å². The van der Waals surface area contributed by atoms with Gasteiger partial charge in [-0.05, 0) is 12.8 Å². The molecular formula is C11H24N2S. The van der Waals surface area contributed by atoms with Crippen molar-refractivity contribution >= 4 is 11.8 Å². The summed E-state index contributed by atoms with van der Waals surface area (Å²) in [6.45, 7) is 9.57. The Hall–Kier alpha value is 0.270. The van der Waals surface area contributed by atoms with Gasteiger partial charge in [0.1, 0.15) is 0 Å². The van der Waals surface area contributed by atoms with E-state index in [4.69, 9.17) is 0 Å². The van der Waals surface area contributed by atoms with Crippen LogP contribution < -0.4 is 0 Å². The zero-order valence-electron chi connectivity index (χ0n) is 9.67. The predicted molar refractivity (Wildman–Crippen MR) is 65.7 cm³/mol. The molecule has 0 aromatic rings. The van der Waals surface area contributed by atoms with Gasteiger partial charge in [-0.15, -0.1) is 0 Å². The number of hydrazine groups is 1. The van der Waals surface area contributed by atoms with Crippen molar-refractivity contribution < 1.29 is 0 Å². The molecule has 3 heteroatoms.